The molecule has 114 valence electrons. The minimum atomic E-state index is -3.79. The summed E-state index contributed by atoms with van der Waals surface area (Å²) in [7, 11) is -3.79. The normalized spacial score (nSPS) is 15.1. The molecule has 0 aliphatic carbocycles. The van der Waals surface area contributed by atoms with Crippen molar-refractivity contribution in [2.24, 2.45) is 0 Å². The van der Waals surface area contributed by atoms with E-state index in [1.807, 2.05) is 13.8 Å². The van der Waals surface area contributed by atoms with Gasteiger partial charge in [0.25, 0.3) is 0 Å². The smallest absolute Gasteiger partial charge is 0.207 e. The van der Waals surface area contributed by atoms with Crippen LogP contribution in [0.4, 0.5) is 0 Å². The molecule has 0 fully saturated rings. The molecule has 0 aromatic heterocycles. The van der Waals surface area contributed by atoms with Gasteiger partial charge in [-0.25, -0.2) is 13.1 Å². The lowest BCUT2D eigenvalue weighted by Gasteiger charge is -2.29. The van der Waals surface area contributed by atoms with Crippen LogP contribution in [0, 0.1) is 0 Å². The topological polar surface area (TPSA) is 46.2 Å². The van der Waals surface area contributed by atoms with Gasteiger partial charge >= 0.3 is 0 Å². The molecule has 1 rings (SSSR count). The molecule has 20 heavy (non-hydrogen) atoms. The molecule has 0 saturated heterocycles. The van der Waals surface area contributed by atoms with Gasteiger partial charge in [0.1, 0.15) is 4.90 Å². The van der Waals surface area contributed by atoms with Crippen molar-refractivity contribution in [1.82, 2.24) is 4.72 Å². The third-order valence-corrected chi connectivity index (χ3v) is 6.45. The van der Waals surface area contributed by atoms with E-state index in [1.54, 1.807) is 0 Å². The van der Waals surface area contributed by atoms with E-state index < -0.39 is 15.6 Å². The minimum absolute atomic E-state index is 0.0849. The number of halogens is 4. The fraction of sp³-hybridized carbons (Fsp3) is 0.500. The van der Waals surface area contributed by atoms with Gasteiger partial charge in [0.2, 0.25) is 10.0 Å². The highest BCUT2D eigenvalue weighted by Crippen LogP contribution is 2.34. The van der Waals surface area contributed by atoms with Gasteiger partial charge in [-0.1, -0.05) is 62.0 Å². The Hall–Kier alpha value is 0.670. The van der Waals surface area contributed by atoms with Crippen molar-refractivity contribution in [1.29, 1.82) is 0 Å². The minimum Gasteiger partial charge on any atom is -0.207 e. The largest absolute Gasteiger partial charge is 0.244 e. The molecule has 3 nitrogen and oxygen atoms in total. The SMILES string of the molecule is CCC(C)(CCBr)NS(=O)(=O)c1c(Cl)cc(Br)cc1Cl. The first-order valence-electron chi connectivity index (χ1n) is 5.89. The number of hydrogen-bond acceptors (Lipinski definition) is 2. The van der Waals surface area contributed by atoms with Crippen LogP contribution in [-0.2, 0) is 10.0 Å². The molecule has 0 radical (unpaired) electrons. The highest BCUT2D eigenvalue weighted by Gasteiger charge is 2.31. The molecule has 0 bridgehead atoms. The molecular formula is C12H15Br2Cl2NO2S. The molecule has 1 unspecified atom stereocenters. The van der Waals surface area contributed by atoms with E-state index >= 15 is 0 Å². The average Bonchev–Trinajstić information content (AvgIpc) is 2.26. The summed E-state index contributed by atoms with van der Waals surface area (Å²) >= 11 is 18.6. The van der Waals surface area contributed by atoms with Crippen molar-refractivity contribution in [3.63, 3.8) is 0 Å². The molecule has 0 heterocycles. The summed E-state index contributed by atoms with van der Waals surface area (Å²) in [6.45, 7) is 3.78. The Kier molecular flexibility index (Phi) is 6.82. The zero-order valence-corrected chi connectivity index (χ0v) is 16.5. The van der Waals surface area contributed by atoms with Crippen molar-refractivity contribution in [2.75, 3.05) is 5.33 Å². The lowest BCUT2D eigenvalue weighted by molar-refractivity contribution is 0.392. The summed E-state index contributed by atoms with van der Waals surface area (Å²) in [6, 6.07) is 3.02. The van der Waals surface area contributed by atoms with Crippen molar-refractivity contribution in [3.05, 3.63) is 26.7 Å². The molecule has 8 heteroatoms. The Morgan fingerprint density at radius 1 is 1.30 bits per heavy atom. The van der Waals surface area contributed by atoms with Crippen LogP contribution in [0.5, 0.6) is 0 Å². The average molecular weight is 468 g/mol. The zero-order valence-electron chi connectivity index (χ0n) is 11.0. The molecule has 1 aromatic rings. The van der Waals surface area contributed by atoms with E-state index in [4.69, 9.17) is 23.2 Å². The maximum atomic E-state index is 12.5. The fourth-order valence-corrected chi connectivity index (χ4v) is 5.99. The second-order valence-corrected chi connectivity index (χ2v) is 8.80. The number of alkyl halides is 1. The summed E-state index contributed by atoms with van der Waals surface area (Å²) in [5.74, 6) is 0. The van der Waals surface area contributed by atoms with Crippen LogP contribution in [-0.4, -0.2) is 19.3 Å². The van der Waals surface area contributed by atoms with Gasteiger partial charge in [-0.05, 0) is 31.9 Å². The van der Waals surface area contributed by atoms with E-state index in [0.29, 0.717) is 22.6 Å². The third kappa shape index (κ3) is 4.58. The van der Waals surface area contributed by atoms with Gasteiger partial charge in [-0.2, -0.15) is 0 Å². The first-order chi connectivity index (χ1) is 9.15. The summed E-state index contributed by atoms with van der Waals surface area (Å²) < 4.78 is 28.4. The lowest BCUT2D eigenvalue weighted by Crippen LogP contribution is -2.45. The Morgan fingerprint density at radius 2 is 1.80 bits per heavy atom. The highest BCUT2D eigenvalue weighted by atomic mass is 79.9. The van der Waals surface area contributed by atoms with Crippen molar-refractivity contribution in [2.45, 2.75) is 37.1 Å². The molecule has 1 N–H and O–H groups in total. The first kappa shape index (κ1) is 18.7. The highest BCUT2D eigenvalue weighted by molar-refractivity contribution is 9.10. The van der Waals surface area contributed by atoms with Gasteiger partial charge in [-0.3, -0.25) is 0 Å². The summed E-state index contributed by atoms with van der Waals surface area (Å²) in [6.07, 6.45) is 1.32. The van der Waals surface area contributed by atoms with Gasteiger partial charge in [0, 0.05) is 15.3 Å². The summed E-state index contributed by atoms with van der Waals surface area (Å²) in [4.78, 5) is -0.0849. The Morgan fingerprint density at radius 3 is 2.20 bits per heavy atom. The van der Waals surface area contributed by atoms with Gasteiger partial charge in [0.15, 0.2) is 0 Å². The number of rotatable bonds is 6. The molecule has 0 aliphatic rings. The first-order valence-corrected chi connectivity index (χ1v) is 10.0. The predicted octanol–water partition coefficient (Wildman–Crippen LogP) is 4.99. The van der Waals surface area contributed by atoms with E-state index in [1.165, 1.54) is 12.1 Å². The van der Waals surface area contributed by atoms with E-state index in [2.05, 4.69) is 36.6 Å². The number of benzene rings is 1. The maximum absolute atomic E-state index is 12.5. The van der Waals surface area contributed by atoms with E-state index in [9.17, 15) is 8.42 Å². The quantitative estimate of drug-likeness (QED) is 0.599. The molecule has 0 spiro atoms. The van der Waals surface area contributed by atoms with Gasteiger partial charge in [-0.15, -0.1) is 0 Å². The van der Waals surface area contributed by atoms with Crippen LogP contribution in [0.2, 0.25) is 10.0 Å². The van der Waals surface area contributed by atoms with Crippen LogP contribution < -0.4 is 4.72 Å². The zero-order chi connectivity index (χ0) is 15.6. The summed E-state index contributed by atoms with van der Waals surface area (Å²) in [5, 5.41) is 0.880. The molecular weight excluding hydrogens is 453 g/mol. The van der Waals surface area contributed by atoms with Crippen LogP contribution in [0.1, 0.15) is 26.7 Å². The predicted molar refractivity (Wildman–Crippen MR) is 91.6 cm³/mol. The van der Waals surface area contributed by atoms with Crippen molar-refractivity contribution in [3.8, 4) is 0 Å². The summed E-state index contributed by atoms with van der Waals surface area (Å²) in [5.41, 5.74) is -0.554. The molecule has 1 atom stereocenters. The van der Waals surface area contributed by atoms with Crippen LogP contribution >= 0.6 is 55.1 Å². The Labute approximate surface area is 146 Å². The monoisotopic (exact) mass is 465 g/mol. The second-order valence-electron chi connectivity index (χ2n) is 4.66. The maximum Gasteiger partial charge on any atom is 0.244 e. The molecule has 0 saturated carbocycles. The number of hydrogen-bond donors (Lipinski definition) is 1. The Balaban J connectivity index is 3.25. The fourth-order valence-electron chi connectivity index (χ4n) is 1.67. The van der Waals surface area contributed by atoms with Crippen LogP contribution in [0.15, 0.2) is 21.5 Å². The number of nitrogens with one attached hydrogen (secondary N) is 1. The molecule has 1 aromatic carbocycles. The van der Waals surface area contributed by atoms with Crippen LogP contribution in [0.3, 0.4) is 0 Å². The molecule has 0 amide bonds. The standard InChI is InChI=1S/C12H15Br2Cl2NO2S/c1-3-12(2,4-5-13)17-20(18,19)11-9(15)6-8(14)7-10(11)16/h6-7,17H,3-5H2,1-2H3. The van der Waals surface area contributed by atoms with E-state index in [-0.39, 0.29) is 14.9 Å². The van der Waals surface area contributed by atoms with Crippen molar-refractivity contribution >= 4 is 65.1 Å². The number of sulfonamides is 1. The van der Waals surface area contributed by atoms with Gasteiger partial charge < -0.3 is 0 Å². The Bertz CT molecular complexity index is 572. The second kappa shape index (κ2) is 7.29. The van der Waals surface area contributed by atoms with Crippen molar-refractivity contribution < 1.29 is 8.42 Å². The lowest BCUT2D eigenvalue weighted by atomic mass is 9.98. The van der Waals surface area contributed by atoms with Gasteiger partial charge in [0.05, 0.1) is 10.0 Å². The molecule has 0 aliphatic heterocycles. The third-order valence-electron chi connectivity index (χ3n) is 3.04. The van der Waals surface area contributed by atoms with Crippen LogP contribution in [0.25, 0.3) is 0 Å². The van der Waals surface area contributed by atoms with E-state index in [0.717, 1.165) is 0 Å².